The number of alkyl halides is 3. The van der Waals surface area contributed by atoms with E-state index in [1.165, 1.54) is 6.08 Å². The van der Waals surface area contributed by atoms with Crippen molar-refractivity contribution in [2.24, 2.45) is 0 Å². The number of rotatable bonds is 1. The third kappa shape index (κ3) is 2.41. The average molecular weight is 263 g/mol. The Balaban J connectivity index is 2.44. The van der Waals surface area contributed by atoms with Gasteiger partial charge in [-0.15, -0.1) is 0 Å². The Bertz CT molecular complexity index is 466. The van der Waals surface area contributed by atoms with Crippen molar-refractivity contribution >= 4 is 17.7 Å². The van der Waals surface area contributed by atoms with Crippen LogP contribution in [-0.2, 0) is 6.42 Å². The molecule has 0 bridgehead atoms. The Morgan fingerprint density at radius 3 is 2.65 bits per heavy atom. The number of ether oxygens (including phenoxy) is 1. The fourth-order valence-electron chi connectivity index (χ4n) is 1.74. The second kappa shape index (κ2) is 4.26. The van der Waals surface area contributed by atoms with Gasteiger partial charge in [-0.2, -0.15) is 13.2 Å². The van der Waals surface area contributed by atoms with Crippen molar-refractivity contribution in [3.63, 3.8) is 0 Å². The van der Waals surface area contributed by atoms with E-state index in [1.807, 2.05) is 6.92 Å². The van der Waals surface area contributed by atoms with E-state index in [0.717, 1.165) is 6.08 Å². The summed E-state index contributed by atoms with van der Waals surface area (Å²) in [5.74, 6) is 0.279. The van der Waals surface area contributed by atoms with Gasteiger partial charge < -0.3 is 4.74 Å². The lowest BCUT2D eigenvalue weighted by atomic mass is 10.0. The minimum Gasteiger partial charge on any atom is -0.476 e. The molecule has 1 heterocycles. The maximum atomic E-state index is 12.5. The first-order valence-electron chi connectivity index (χ1n) is 5.16. The van der Waals surface area contributed by atoms with Gasteiger partial charge in [0.15, 0.2) is 0 Å². The fraction of sp³-hybridized carbons (Fsp3) is 0.333. The van der Waals surface area contributed by atoms with Crippen LogP contribution in [0.2, 0.25) is 5.02 Å². The van der Waals surface area contributed by atoms with Crippen molar-refractivity contribution in [3.8, 4) is 5.75 Å². The molecule has 17 heavy (non-hydrogen) atoms. The molecule has 0 N–H and O–H groups in total. The maximum absolute atomic E-state index is 12.5. The first-order valence-corrected chi connectivity index (χ1v) is 5.53. The monoisotopic (exact) mass is 262 g/mol. The van der Waals surface area contributed by atoms with E-state index in [9.17, 15) is 13.2 Å². The van der Waals surface area contributed by atoms with E-state index in [2.05, 4.69) is 0 Å². The lowest BCUT2D eigenvalue weighted by Gasteiger charge is -2.25. The largest absolute Gasteiger partial charge is 0.476 e. The second-order valence-corrected chi connectivity index (χ2v) is 4.21. The molecule has 5 heteroatoms. The molecule has 2 rings (SSSR count). The smallest absolute Gasteiger partial charge is 0.429 e. The van der Waals surface area contributed by atoms with E-state index in [0.29, 0.717) is 22.6 Å². The van der Waals surface area contributed by atoms with Crippen LogP contribution in [0.5, 0.6) is 5.75 Å². The highest BCUT2D eigenvalue weighted by molar-refractivity contribution is 6.30. The second-order valence-electron chi connectivity index (χ2n) is 3.78. The van der Waals surface area contributed by atoms with Gasteiger partial charge in [-0.05, 0) is 30.2 Å². The maximum Gasteiger partial charge on any atom is 0.429 e. The van der Waals surface area contributed by atoms with Gasteiger partial charge in [0.05, 0.1) is 0 Å². The molecule has 0 radical (unpaired) electrons. The van der Waals surface area contributed by atoms with Crippen LogP contribution in [0.15, 0.2) is 18.2 Å². The van der Waals surface area contributed by atoms with Crippen LogP contribution >= 0.6 is 11.6 Å². The molecule has 0 aliphatic carbocycles. The van der Waals surface area contributed by atoms with Gasteiger partial charge in [0.1, 0.15) is 5.75 Å². The average Bonchev–Trinajstić information content (AvgIpc) is 2.25. The Morgan fingerprint density at radius 1 is 1.35 bits per heavy atom. The zero-order chi connectivity index (χ0) is 12.6. The number of hydrogen-bond donors (Lipinski definition) is 0. The molecule has 0 spiro atoms. The van der Waals surface area contributed by atoms with Crippen molar-refractivity contribution in [1.29, 1.82) is 0 Å². The highest BCUT2D eigenvalue weighted by Gasteiger charge is 2.41. The zero-order valence-corrected chi connectivity index (χ0v) is 9.77. The van der Waals surface area contributed by atoms with E-state index < -0.39 is 12.3 Å². The Labute approximate surface area is 102 Å². The van der Waals surface area contributed by atoms with Crippen molar-refractivity contribution in [2.45, 2.75) is 25.6 Å². The summed E-state index contributed by atoms with van der Waals surface area (Å²) in [4.78, 5) is 0. The molecule has 1 nitrogen and oxygen atoms in total. The molecule has 0 saturated heterocycles. The van der Waals surface area contributed by atoms with Gasteiger partial charge >= 0.3 is 6.18 Å². The Kier molecular flexibility index (Phi) is 3.08. The van der Waals surface area contributed by atoms with Gasteiger partial charge in [0, 0.05) is 10.6 Å². The van der Waals surface area contributed by atoms with Crippen LogP contribution < -0.4 is 4.74 Å². The van der Waals surface area contributed by atoms with Crippen LogP contribution in [0, 0.1) is 0 Å². The van der Waals surface area contributed by atoms with Crippen LogP contribution in [0.1, 0.15) is 18.1 Å². The molecule has 0 aromatic heterocycles. The summed E-state index contributed by atoms with van der Waals surface area (Å²) in [6, 6.07) is 3.23. The molecule has 1 aromatic rings. The summed E-state index contributed by atoms with van der Waals surface area (Å²) in [6.45, 7) is 1.84. The molecule has 0 unspecified atom stereocenters. The number of aryl methyl sites for hydroxylation is 1. The predicted molar refractivity (Wildman–Crippen MR) is 60.3 cm³/mol. The zero-order valence-electron chi connectivity index (χ0n) is 9.01. The molecule has 0 amide bonds. The van der Waals surface area contributed by atoms with Gasteiger partial charge in [-0.3, -0.25) is 0 Å². The van der Waals surface area contributed by atoms with Gasteiger partial charge in [0.2, 0.25) is 6.10 Å². The van der Waals surface area contributed by atoms with Crippen molar-refractivity contribution < 1.29 is 17.9 Å². The lowest BCUT2D eigenvalue weighted by Crippen LogP contribution is -2.34. The first kappa shape index (κ1) is 12.3. The normalized spacial score (nSPS) is 18.8. The number of halogens is 4. The molecule has 0 fully saturated rings. The van der Waals surface area contributed by atoms with Gasteiger partial charge in [-0.25, -0.2) is 0 Å². The number of fused-ring (bicyclic) bond motifs is 1. The van der Waals surface area contributed by atoms with Crippen molar-refractivity contribution in [2.75, 3.05) is 0 Å². The molecule has 1 atom stereocenters. The fourth-order valence-corrected chi connectivity index (χ4v) is 1.99. The topological polar surface area (TPSA) is 9.23 Å². The molecular formula is C12H10ClF3O. The number of hydrogen-bond acceptors (Lipinski definition) is 1. The van der Waals surface area contributed by atoms with E-state index >= 15 is 0 Å². The third-order valence-electron chi connectivity index (χ3n) is 2.56. The summed E-state index contributed by atoms with van der Waals surface area (Å²) in [6.07, 6.45) is -3.29. The molecular weight excluding hydrogens is 253 g/mol. The van der Waals surface area contributed by atoms with Gasteiger partial charge in [-0.1, -0.05) is 24.6 Å². The Morgan fingerprint density at radius 2 is 2.06 bits per heavy atom. The summed E-state index contributed by atoms with van der Waals surface area (Å²) >= 11 is 5.88. The van der Waals surface area contributed by atoms with E-state index in [-0.39, 0.29) is 5.75 Å². The molecule has 1 aliphatic rings. The summed E-state index contributed by atoms with van der Waals surface area (Å²) < 4.78 is 42.6. The molecule has 1 aliphatic heterocycles. The Hall–Kier alpha value is -1.16. The predicted octanol–water partition coefficient (Wildman–Crippen LogP) is 4.24. The minimum atomic E-state index is -4.39. The van der Waals surface area contributed by atoms with Crippen molar-refractivity contribution in [1.82, 2.24) is 0 Å². The standard InChI is InChI=1S/C12H10ClF3O/c1-2-7-5-9(13)6-8-3-4-10(12(14,15)16)17-11(7)8/h3-6,10H,2H2,1H3/t10-/m0/s1. The molecule has 0 saturated carbocycles. The summed E-state index contributed by atoms with van der Waals surface area (Å²) in [5.41, 5.74) is 1.28. The summed E-state index contributed by atoms with van der Waals surface area (Å²) in [7, 11) is 0. The van der Waals surface area contributed by atoms with E-state index in [1.54, 1.807) is 12.1 Å². The van der Waals surface area contributed by atoms with Crippen molar-refractivity contribution in [3.05, 3.63) is 34.4 Å². The summed E-state index contributed by atoms with van der Waals surface area (Å²) in [5, 5.41) is 0.499. The van der Waals surface area contributed by atoms with Crippen LogP contribution in [0.25, 0.3) is 6.08 Å². The van der Waals surface area contributed by atoms with Crippen LogP contribution in [-0.4, -0.2) is 12.3 Å². The quantitative estimate of drug-likeness (QED) is 0.736. The van der Waals surface area contributed by atoms with Crippen LogP contribution in [0.4, 0.5) is 13.2 Å². The van der Waals surface area contributed by atoms with Gasteiger partial charge in [0.25, 0.3) is 0 Å². The molecule has 92 valence electrons. The first-order chi connectivity index (χ1) is 7.91. The lowest BCUT2D eigenvalue weighted by molar-refractivity contribution is -0.180. The molecule has 1 aromatic carbocycles. The minimum absolute atomic E-state index is 0.279. The highest BCUT2D eigenvalue weighted by Crippen LogP contribution is 2.37. The highest BCUT2D eigenvalue weighted by atomic mass is 35.5. The SMILES string of the molecule is CCc1cc(Cl)cc2c1O[C@H](C(F)(F)F)C=C2. The van der Waals surface area contributed by atoms with E-state index in [4.69, 9.17) is 16.3 Å². The number of benzene rings is 1. The third-order valence-corrected chi connectivity index (χ3v) is 2.78. The van der Waals surface area contributed by atoms with Crippen LogP contribution in [0.3, 0.4) is 0 Å².